The molecule has 2 aromatic carbocycles. The Morgan fingerprint density at radius 1 is 1.26 bits per heavy atom. The zero-order chi connectivity index (χ0) is 19.6. The number of nitrogens with zero attached hydrogens (tertiary/aromatic N) is 1. The van der Waals surface area contributed by atoms with Gasteiger partial charge >= 0.3 is 5.97 Å². The van der Waals surface area contributed by atoms with Crippen molar-refractivity contribution in [1.29, 1.82) is 0 Å². The number of carbonyl (C=O) groups is 1. The van der Waals surface area contributed by atoms with Crippen LogP contribution >= 0.6 is 0 Å². The van der Waals surface area contributed by atoms with Crippen molar-refractivity contribution in [3.63, 3.8) is 0 Å². The lowest BCUT2D eigenvalue weighted by Gasteiger charge is -2.23. The van der Waals surface area contributed by atoms with Crippen LogP contribution in [-0.2, 0) is 16.0 Å². The molecule has 0 bridgehead atoms. The molecule has 27 heavy (non-hydrogen) atoms. The fourth-order valence-corrected chi connectivity index (χ4v) is 3.01. The van der Waals surface area contributed by atoms with Gasteiger partial charge in [-0.3, -0.25) is 4.79 Å². The Balaban J connectivity index is 2.05. The second kappa shape index (κ2) is 7.12. The number of ether oxygens (including phenoxy) is 2. The van der Waals surface area contributed by atoms with E-state index in [0.717, 1.165) is 16.5 Å². The molecule has 5 nitrogen and oxygen atoms in total. The number of H-pyrrole nitrogens is 1. The number of carbonyl (C=O) groups excluding carboxylic acids is 1. The van der Waals surface area contributed by atoms with E-state index in [-0.39, 0.29) is 11.7 Å². The summed E-state index contributed by atoms with van der Waals surface area (Å²) in [5, 5.41) is 0.928. The molecule has 0 fully saturated rings. The third kappa shape index (κ3) is 3.63. The summed E-state index contributed by atoms with van der Waals surface area (Å²) in [5.41, 5.74) is 0.881. The first-order chi connectivity index (χ1) is 12.9. The Bertz CT molecular complexity index is 1050. The highest BCUT2D eigenvalue weighted by Gasteiger charge is 2.31. The van der Waals surface area contributed by atoms with Crippen LogP contribution in [0.1, 0.15) is 19.4 Å². The number of rotatable bonds is 5. The fourth-order valence-electron chi connectivity index (χ4n) is 3.01. The van der Waals surface area contributed by atoms with Gasteiger partial charge in [0.05, 0.1) is 19.1 Å². The number of aromatic amines is 1. The molecule has 0 radical (unpaired) electrons. The van der Waals surface area contributed by atoms with E-state index in [2.05, 4.69) is 9.83 Å². The minimum atomic E-state index is -0.761. The first-order valence-corrected chi connectivity index (χ1v) is 8.38. The Hall–Kier alpha value is -3.33. The average Bonchev–Trinajstić information content (AvgIpc) is 3.13. The van der Waals surface area contributed by atoms with Crippen LogP contribution in [0.2, 0.25) is 0 Å². The Labute approximate surface area is 156 Å². The molecule has 6 heteroatoms. The Kier molecular flexibility index (Phi) is 4.87. The number of methoxy groups -OCH3 is 1. The van der Waals surface area contributed by atoms with E-state index in [1.165, 1.54) is 25.3 Å². The molecule has 0 atom stereocenters. The number of esters is 1. The molecule has 0 amide bonds. The molecule has 3 rings (SSSR count). The van der Waals surface area contributed by atoms with Crippen LogP contribution in [0.15, 0.2) is 42.6 Å². The maximum atomic E-state index is 13.6. The van der Waals surface area contributed by atoms with E-state index >= 15 is 0 Å². The zero-order valence-electron chi connectivity index (χ0n) is 15.3. The number of hydrogen-bond acceptors (Lipinski definition) is 3. The fraction of sp³-hybridized carbons (Fsp3) is 0.238. The van der Waals surface area contributed by atoms with Crippen molar-refractivity contribution >= 4 is 22.6 Å². The maximum Gasteiger partial charge on any atom is 0.311 e. The zero-order valence-corrected chi connectivity index (χ0v) is 15.3. The first kappa shape index (κ1) is 18.5. The highest BCUT2D eigenvalue weighted by atomic mass is 19.1. The van der Waals surface area contributed by atoms with Gasteiger partial charge in [-0.15, -0.1) is 0 Å². The summed E-state index contributed by atoms with van der Waals surface area (Å²) in [6, 6.07) is 9.62. The van der Waals surface area contributed by atoms with Gasteiger partial charge in [0.1, 0.15) is 17.3 Å². The Morgan fingerprint density at radius 2 is 2.04 bits per heavy atom. The lowest BCUT2D eigenvalue weighted by molar-refractivity contribution is -0.150. The maximum absolute atomic E-state index is 13.6. The van der Waals surface area contributed by atoms with Gasteiger partial charge in [-0.05, 0) is 56.7 Å². The van der Waals surface area contributed by atoms with Crippen LogP contribution in [0.3, 0.4) is 0 Å². The van der Waals surface area contributed by atoms with E-state index in [9.17, 15) is 9.18 Å². The molecule has 0 spiro atoms. The number of nitrogens with one attached hydrogen (secondary N) is 1. The van der Waals surface area contributed by atoms with E-state index in [1.54, 1.807) is 6.07 Å². The summed E-state index contributed by atoms with van der Waals surface area (Å²) in [6.07, 6.45) is 2.21. The third-order valence-corrected chi connectivity index (χ3v) is 4.43. The number of aromatic nitrogens is 1. The van der Waals surface area contributed by atoms with Crippen molar-refractivity contribution in [3.8, 4) is 11.5 Å². The number of benzene rings is 2. The predicted octanol–water partition coefficient (Wildman–Crippen LogP) is 5.39. The minimum Gasteiger partial charge on any atom is -0.469 e. The van der Waals surface area contributed by atoms with Crippen molar-refractivity contribution in [2.45, 2.75) is 20.3 Å². The molecule has 0 saturated carbocycles. The van der Waals surface area contributed by atoms with Crippen LogP contribution in [0.4, 0.5) is 10.1 Å². The molecular formula is C21H19FN2O3. The molecule has 3 aromatic rings. The van der Waals surface area contributed by atoms with Crippen LogP contribution < -0.4 is 4.74 Å². The number of fused-ring (bicyclic) bond motifs is 1. The van der Waals surface area contributed by atoms with Crippen molar-refractivity contribution in [2.24, 2.45) is 5.41 Å². The Morgan fingerprint density at radius 3 is 2.74 bits per heavy atom. The summed E-state index contributed by atoms with van der Waals surface area (Å²) in [4.78, 5) is 18.5. The molecule has 0 aliphatic rings. The van der Waals surface area contributed by atoms with Crippen molar-refractivity contribution in [1.82, 2.24) is 4.98 Å². The molecule has 0 aliphatic carbocycles. The number of hydrogen-bond donors (Lipinski definition) is 1. The second-order valence-electron chi connectivity index (χ2n) is 6.86. The predicted molar refractivity (Wildman–Crippen MR) is 101 cm³/mol. The van der Waals surface area contributed by atoms with Crippen molar-refractivity contribution < 1.29 is 18.7 Å². The van der Waals surface area contributed by atoms with Crippen LogP contribution in [0.5, 0.6) is 11.5 Å². The summed E-state index contributed by atoms with van der Waals surface area (Å²) < 4.78 is 24.5. The van der Waals surface area contributed by atoms with Gasteiger partial charge in [0.15, 0.2) is 0 Å². The van der Waals surface area contributed by atoms with E-state index in [4.69, 9.17) is 16.0 Å². The molecule has 0 aliphatic heterocycles. The van der Waals surface area contributed by atoms with Gasteiger partial charge in [-0.25, -0.2) is 9.24 Å². The first-order valence-electron chi connectivity index (χ1n) is 8.38. The van der Waals surface area contributed by atoms with Crippen molar-refractivity contribution in [2.75, 3.05) is 7.11 Å². The summed E-state index contributed by atoms with van der Waals surface area (Å²) in [7, 11) is 1.36. The molecule has 138 valence electrons. The van der Waals surface area contributed by atoms with Gasteiger partial charge in [0.25, 0.3) is 0 Å². The van der Waals surface area contributed by atoms with Crippen LogP contribution in [0.25, 0.3) is 15.7 Å². The van der Waals surface area contributed by atoms with Gasteiger partial charge in [-0.2, -0.15) is 0 Å². The molecule has 1 aromatic heterocycles. The van der Waals surface area contributed by atoms with Gasteiger partial charge in [0, 0.05) is 22.7 Å². The van der Waals surface area contributed by atoms with E-state index in [0.29, 0.717) is 17.9 Å². The highest BCUT2D eigenvalue weighted by Crippen LogP contribution is 2.37. The van der Waals surface area contributed by atoms with Crippen LogP contribution in [-0.4, -0.2) is 18.1 Å². The third-order valence-electron chi connectivity index (χ3n) is 4.43. The topological polar surface area (TPSA) is 55.7 Å². The quantitative estimate of drug-likeness (QED) is 0.486. The number of halogens is 1. The normalized spacial score (nSPS) is 11.2. The lowest BCUT2D eigenvalue weighted by Crippen LogP contribution is -2.28. The molecular weight excluding hydrogens is 347 g/mol. The van der Waals surface area contributed by atoms with Gasteiger partial charge < -0.3 is 14.5 Å². The summed E-state index contributed by atoms with van der Waals surface area (Å²) in [5.74, 6) is -0.0143. The minimum absolute atomic E-state index is 0.105. The summed E-state index contributed by atoms with van der Waals surface area (Å²) in [6.45, 7) is 10.7. The van der Waals surface area contributed by atoms with Gasteiger partial charge in [0.2, 0.25) is 5.69 Å². The smallest absolute Gasteiger partial charge is 0.311 e. The van der Waals surface area contributed by atoms with E-state index in [1.807, 2.05) is 32.2 Å². The molecule has 1 N–H and O–H groups in total. The monoisotopic (exact) mass is 366 g/mol. The molecule has 0 unspecified atom stereocenters. The largest absolute Gasteiger partial charge is 0.469 e. The standard InChI is InChI=1S/C21H19FN2O3/c1-21(2,20(25)26-4)12-15-14-9-10-24-17(14)7-8-19(15)27-13-5-6-16(22)18(11-13)23-3/h5-11,24H,12H2,1-2,4H3. The lowest BCUT2D eigenvalue weighted by atomic mass is 9.84. The van der Waals surface area contributed by atoms with Crippen molar-refractivity contribution in [3.05, 3.63) is 65.4 Å². The van der Waals surface area contributed by atoms with Gasteiger partial charge in [-0.1, -0.05) is 0 Å². The molecule has 0 saturated heterocycles. The highest BCUT2D eigenvalue weighted by molar-refractivity contribution is 5.86. The second-order valence-corrected chi connectivity index (χ2v) is 6.86. The SMILES string of the molecule is [C-]#[N+]c1cc(Oc2ccc3[nH]ccc3c2CC(C)(C)C(=O)OC)ccc1F. The van der Waals surface area contributed by atoms with Crippen LogP contribution in [0, 0.1) is 17.8 Å². The average molecular weight is 366 g/mol. The summed E-state index contributed by atoms with van der Waals surface area (Å²) >= 11 is 0. The van der Waals surface area contributed by atoms with E-state index < -0.39 is 11.2 Å². The molecule has 1 heterocycles.